The molecule has 4 heteroatoms. The lowest BCUT2D eigenvalue weighted by Crippen LogP contribution is -2.08. The van der Waals surface area contributed by atoms with Gasteiger partial charge in [0.2, 0.25) is 0 Å². The summed E-state index contributed by atoms with van der Waals surface area (Å²) < 4.78 is 17.0. The summed E-state index contributed by atoms with van der Waals surface area (Å²) in [5, 5.41) is 0. The van der Waals surface area contributed by atoms with Crippen LogP contribution in [-0.4, -0.2) is 12.6 Å². The molecule has 0 N–H and O–H groups in total. The number of benzene rings is 3. The lowest BCUT2D eigenvalue weighted by Gasteiger charge is -2.10. The normalized spacial score (nSPS) is 11.9. The molecule has 4 nitrogen and oxygen atoms in total. The minimum Gasteiger partial charge on any atom is -0.494 e. The number of ether oxygens (including phenoxy) is 3. The molecule has 0 spiro atoms. The van der Waals surface area contributed by atoms with Gasteiger partial charge in [-0.1, -0.05) is 70.7 Å². The van der Waals surface area contributed by atoms with Crippen molar-refractivity contribution in [3.8, 4) is 28.4 Å². The van der Waals surface area contributed by atoms with E-state index in [2.05, 4.69) is 20.8 Å². The molecule has 0 saturated carbocycles. The molecule has 0 aliphatic heterocycles. The Bertz CT molecular complexity index is 1100. The van der Waals surface area contributed by atoms with Crippen LogP contribution in [0.25, 0.3) is 11.1 Å². The second-order valence-corrected chi connectivity index (χ2v) is 9.81. The molecule has 38 heavy (non-hydrogen) atoms. The van der Waals surface area contributed by atoms with Crippen LogP contribution < -0.4 is 14.2 Å². The van der Waals surface area contributed by atoms with E-state index in [4.69, 9.17) is 14.2 Å². The fourth-order valence-corrected chi connectivity index (χ4v) is 4.00. The Labute approximate surface area is 228 Å². The molecular formula is C34H42O4. The second kappa shape index (κ2) is 16.3. The van der Waals surface area contributed by atoms with Crippen LogP contribution in [0, 0.1) is 5.92 Å². The molecule has 0 radical (unpaired) electrons. The highest BCUT2D eigenvalue weighted by Gasteiger charge is 2.09. The van der Waals surface area contributed by atoms with Crippen molar-refractivity contribution < 1.29 is 19.0 Å². The maximum Gasteiger partial charge on any atom is 0.343 e. The van der Waals surface area contributed by atoms with E-state index in [-0.39, 0.29) is 0 Å². The summed E-state index contributed by atoms with van der Waals surface area (Å²) in [5.41, 5.74) is 2.61. The van der Waals surface area contributed by atoms with Crippen LogP contribution in [0.4, 0.5) is 0 Å². The average molecular weight is 515 g/mol. The van der Waals surface area contributed by atoms with Gasteiger partial charge in [0.05, 0.1) is 18.4 Å². The molecule has 0 bridgehead atoms. The van der Waals surface area contributed by atoms with Gasteiger partial charge in [0.15, 0.2) is 0 Å². The summed E-state index contributed by atoms with van der Waals surface area (Å²) in [6.45, 7) is 7.46. The van der Waals surface area contributed by atoms with E-state index in [0.29, 0.717) is 17.1 Å². The molecule has 0 aliphatic carbocycles. The Morgan fingerprint density at radius 3 is 2.05 bits per heavy atom. The van der Waals surface area contributed by atoms with E-state index in [9.17, 15) is 4.79 Å². The molecule has 202 valence electrons. The molecule has 0 aromatic heterocycles. The molecular weight excluding hydrogens is 472 g/mol. The Hall–Kier alpha value is -3.53. The lowest BCUT2D eigenvalue weighted by atomic mass is 10.0. The van der Waals surface area contributed by atoms with Crippen molar-refractivity contribution >= 4 is 5.97 Å². The van der Waals surface area contributed by atoms with Gasteiger partial charge in [-0.2, -0.15) is 0 Å². The van der Waals surface area contributed by atoms with Crippen LogP contribution in [0.2, 0.25) is 0 Å². The van der Waals surface area contributed by atoms with E-state index in [1.165, 1.54) is 38.5 Å². The van der Waals surface area contributed by atoms with Gasteiger partial charge in [-0.3, -0.25) is 0 Å². The van der Waals surface area contributed by atoms with Gasteiger partial charge in [0.1, 0.15) is 17.2 Å². The third-order valence-electron chi connectivity index (χ3n) is 6.67. The van der Waals surface area contributed by atoms with Gasteiger partial charge < -0.3 is 14.2 Å². The number of allylic oxidation sites excluding steroid dienone is 1. The molecule has 0 unspecified atom stereocenters. The maximum absolute atomic E-state index is 12.6. The zero-order valence-electron chi connectivity index (χ0n) is 23.2. The van der Waals surface area contributed by atoms with E-state index in [0.717, 1.165) is 42.2 Å². The molecule has 3 rings (SSSR count). The van der Waals surface area contributed by atoms with E-state index >= 15 is 0 Å². The van der Waals surface area contributed by atoms with Crippen LogP contribution in [0.5, 0.6) is 17.2 Å². The lowest BCUT2D eigenvalue weighted by molar-refractivity contribution is 0.0734. The Morgan fingerprint density at radius 1 is 0.763 bits per heavy atom. The average Bonchev–Trinajstić information content (AvgIpc) is 2.96. The summed E-state index contributed by atoms with van der Waals surface area (Å²) in [6, 6.07) is 22.6. The van der Waals surface area contributed by atoms with Crippen LogP contribution in [0.3, 0.4) is 0 Å². The molecule has 0 aliphatic rings. The topological polar surface area (TPSA) is 44.8 Å². The second-order valence-electron chi connectivity index (χ2n) is 9.81. The predicted molar refractivity (Wildman–Crippen MR) is 156 cm³/mol. The number of hydrogen-bond donors (Lipinski definition) is 0. The van der Waals surface area contributed by atoms with Crippen molar-refractivity contribution in [2.75, 3.05) is 6.61 Å². The standard InChI is InChI=1S/C34H42O4/c1-4-6-7-8-9-10-25-36-32-21-23-33(24-22-32)38-34(35)30-15-13-28(14-16-30)29-17-19-31(20-18-29)37-26-11-12-27(3)5-2/h10,13-25,27H,4-9,11-12,26H2,1-3H3/b25-10+/t27-/m0/s1. The van der Waals surface area contributed by atoms with Crippen molar-refractivity contribution in [1.82, 2.24) is 0 Å². The highest BCUT2D eigenvalue weighted by atomic mass is 16.5. The highest BCUT2D eigenvalue weighted by molar-refractivity contribution is 5.91. The Kier molecular flexibility index (Phi) is 12.5. The van der Waals surface area contributed by atoms with Gasteiger partial charge in [0.25, 0.3) is 0 Å². The Morgan fingerprint density at radius 2 is 1.39 bits per heavy atom. The first kappa shape index (κ1) is 29.0. The van der Waals surface area contributed by atoms with Gasteiger partial charge >= 0.3 is 5.97 Å². The Balaban J connectivity index is 1.45. The molecule has 0 fully saturated rings. The molecule has 3 aromatic carbocycles. The van der Waals surface area contributed by atoms with Crippen molar-refractivity contribution in [2.45, 2.75) is 72.1 Å². The van der Waals surface area contributed by atoms with Crippen molar-refractivity contribution in [3.63, 3.8) is 0 Å². The van der Waals surface area contributed by atoms with Crippen LogP contribution in [0.15, 0.2) is 85.1 Å². The van der Waals surface area contributed by atoms with E-state index in [1.54, 1.807) is 42.7 Å². The quantitative estimate of drug-likeness (QED) is 0.0826. The zero-order chi connectivity index (χ0) is 27.0. The molecule has 3 aromatic rings. The third kappa shape index (κ3) is 10.1. The van der Waals surface area contributed by atoms with Crippen LogP contribution in [0.1, 0.15) is 82.5 Å². The fourth-order valence-electron chi connectivity index (χ4n) is 4.00. The van der Waals surface area contributed by atoms with Gasteiger partial charge in [-0.15, -0.1) is 0 Å². The molecule has 0 saturated heterocycles. The molecule has 0 heterocycles. The van der Waals surface area contributed by atoms with Gasteiger partial charge in [-0.25, -0.2) is 4.79 Å². The number of hydrogen-bond acceptors (Lipinski definition) is 4. The number of unbranched alkanes of at least 4 members (excludes halogenated alkanes) is 4. The first-order valence-corrected chi connectivity index (χ1v) is 14.1. The SMILES string of the molecule is CCCCCC/C=C/Oc1ccc(OC(=O)c2ccc(-c3ccc(OCCC[C@@H](C)CC)cc3)cc2)cc1. The first-order valence-electron chi connectivity index (χ1n) is 14.1. The highest BCUT2D eigenvalue weighted by Crippen LogP contribution is 2.24. The number of carbonyl (C=O) groups is 1. The summed E-state index contributed by atoms with van der Waals surface area (Å²) in [6.07, 6.45) is 13.2. The van der Waals surface area contributed by atoms with Crippen molar-refractivity contribution in [3.05, 3.63) is 90.7 Å². The number of rotatable bonds is 16. The summed E-state index contributed by atoms with van der Waals surface area (Å²) >= 11 is 0. The molecule has 0 amide bonds. The smallest absolute Gasteiger partial charge is 0.343 e. The summed E-state index contributed by atoms with van der Waals surface area (Å²) in [4.78, 5) is 12.6. The summed E-state index contributed by atoms with van der Waals surface area (Å²) in [5.74, 6) is 2.43. The monoisotopic (exact) mass is 514 g/mol. The van der Waals surface area contributed by atoms with E-state index in [1.807, 2.05) is 42.5 Å². The first-order chi connectivity index (χ1) is 18.6. The zero-order valence-corrected chi connectivity index (χ0v) is 23.2. The number of esters is 1. The fraction of sp³-hybridized carbons (Fsp3) is 0.382. The van der Waals surface area contributed by atoms with Crippen LogP contribution >= 0.6 is 0 Å². The van der Waals surface area contributed by atoms with Crippen molar-refractivity contribution in [2.24, 2.45) is 5.92 Å². The number of carbonyl (C=O) groups excluding carboxylic acids is 1. The maximum atomic E-state index is 12.6. The minimum absolute atomic E-state index is 0.390. The largest absolute Gasteiger partial charge is 0.494 e. The van der Waals surface area contributed by atoms with Crippen molar-refractivity contribution in [1.29, 1.82) is 0 Å². The predicted octanol–water partition coefficient (Wildman–Crippen LogP) is 9.64. The van der Waals surface area contributed by atoms with Gasteiger partial charge in [-0.05, 0) is 97.3 Å². The van der Waals surface area contributed by atoms with Gasteiger partial charge in [0, 0.05) is 0 Å². The minimum atomic E-state index is -0.390. The van der Waals surface area contributed by atoms with E-state index < -0.39 is 5.97 Å². The van der Waals surface area contributed by atoms with Crippen LogP contribution in [-0.2, 0) is 0 Å². The summed E-state index contributed by atoms with van der Waals surface area (Å²) in [7, 11) is 0. The molecule has 1 atom stereocenters. The third-order valence-corrected chi connectivity index (χ3v) is 6.67.